The molecule has 1 atom stereocenters. The molecule has 0 radical (unpaired) electrons. The minimum absolute atomic E-state index is 0.00208. The second kappa shape index (κ2) is 4.99. The van der Waals surface area contributed by atoms with Crippen molar-refractivity contribution in [2.24, 2.45) is 0 Å². The van der Waals surface area contributed by atoms with Crippen molar-refractivity contribution in [2.45, 2.75) is 45.8 Å². The van der Waals surface area contributed by atoms with Gasteiger partial charge in [-0.1, -0.05) is 32.4 Å². The summed E-state index contributed by atoms with van der Waals surface area (Å²) in [5.41, 5.74) is 3.53. The summed E-state index contributed by atoms with van der Waals surface area (Å²) in [5.74, 6) is 0. The Morgan fingerprint density at radius 1 is 1.21 bits per heavy atom. The molecule has 0 aliphatic heterocycles. The molecule has 0 bridgehead atoms. The van der Waals surface area contributed by atoms with Gasteiger partial charge in [-0.05, 0) is 25.1 Å². The van der Waals surface area contributed by atoms with Crippen LogP contribution in [0.15, 0.2) is 24.3 Å². The van der Waals surface area contributed by atoms with E-state index in [1.165, 1.54) is 16.6 Å². The molecule has 1 aromatic heterocycles. The predicted molar refractivity (Wildman–Crippen MR) is 78.5 cm³/mol. The van der Waals surface area contributed by atoms with E-state index in [0.29, 0.717) is 6.54 Å². The van der Waals surface area contributed by atoms with Crippen LogP contribution in [0.4, 0.5) is 0 Å². The highest BCUT2D eigenvalue weighted by Crippen LogP contribution is 2.30. The van der Waals surface area contributed by atoms with Crippen LogP contribution in [0.25, 0.3) is 10.9 Å². The summed E-state index contributed by atoms with van der Waals surface area (Å²) in [5, 5.41) is 20.0. The lowest BCUT2D eigenvalue weighted by Gasteiger charge is -2.23. The molecule has 0 aliphatic rings. The molecule has 2 rings (SSSR count). The fourth-order valence-electron chi connectivity index (χ4n) is 2.48. The zero-order chi connectivity index (χ0) is 14.2. The average molecular weight is 261 g/mol. The van der Waals surface area contributed by atoms with Crippen LogP contribution >= 0.6 is 0 Å². The first-order valence-electron chi connectivity index (χ1n) is 6.72. The Morgan fingerprint density at radius 3 is 2.47 bits per heavy atom. The average Bonchev–Trinajstić information content (AvgIpc) is 2.67. The van der Waals surface area contributed by atoms with Gasteiger partial charge < -0.3 is 14.8 Å². The molecule has 0 amide bonds. The summed E-state index contributed by atoms with van der Waals surface area (Å²) in [6, 6.07) is 8.51. The van der Waals surface area contributed by atoms with E-state index in [9.17, 15) is 5.11 Å². The Bertz CT molecular complexity index is 578. The molecule has 3 heteroatoms. The van der Waals surface area contributed by atoms with Gasteiger partial charge in [-0.3, -0.25) is 0 Å². The van der Waals surface area contributed by atoms with Crippen molar-refractivity contribution in [1.29, 1.82) is 0 Å². The molecule has 0 unspecified atom stereocenters. The predicted octanol–water partition coefficient (Wildman–Crippen LogP) is 2.60. The Hall–Kier alpha value is -1.32. The van der Waals surface area contributed by atoms with Gasteiger partial charge >= 0.3 is 0 Å². The van der Waals surface area contributed by atoms with Gasteiger partial charge in [-0.2, -0.15) is 0 Å². The first kappa shape index (κ1) is 14.1. The number of fused-ring (bicyclic) bond motifs is 1. The zero-order valence-electron chi connectivity index (χ0n) is 12.1. The van der Waals surface area contributed by atoms with Crippen molar-refractivity contribution in [1.82, 2.24) is 4.57 Å². The van der Waals surface area contributed by atoms with Gasteiger partial charge in [-0.25, -0.2) is 0 Å². The highest BCUT2D eigenvalue weighted by atomic mass is 16.3. The quantitative estimate of drug-likeness (QED) is 0.892. The summed E-state index contributed by atoms with van der Waals surface area (Å²) >= 11 is 0. The van der Waals surface area contributed by atoms with Crippen molar-refractivity contribution < 1.29 is 10.2 Å². The van der Waals surface area contributed by atoms with Gasteiger partial charge in [0.05, 0.1) is 19.3 Å². The monoisotopic (exact) mass is 261 g/mol. The molecule has 2 N–H and O–H groups in total. The molecule has 19 heavy (non-hydrogen) atoms. The Labute approximate surface area is 114 Å². The summed E-state index contributed by atoms with van der Waals surface area (Å²) < 4.78 is 2.12. The molecule has 1 aromatic carbocycles. The summed E-state index contributed by atoms with van der Waals surface area (Å²) in [6.45, 7) is 8.78. The normalized spacial score (nSPS) is 14.0. The summed E-state index contributed by atoms with van der Waals surface area (Å²) in [7, 11) is 0. The van der Waals surface area contributed by atoms with Crippen LogP contribution in [0.2, 0.25) is 0 Å². The molecule has 0 spiro atoms. The topological polar surface area (TPSA) is 45.4 Å². The van der Waals surface area contributed by atoms with Crippen LogP contribution < -0.4 is 0 Å². The fraction of sp³-hybridized carbons (Fsp3) is 0.500. The SMILES string of the molecule is Cc1ccc2c(c1)cc(C(C)(C)C)n2C[C@@H](O)CO. The molecule has 2 aromatic rings. The van der Waals surface area contributed by atoms with E-state index in [-0.39, 0.29) is 12.0 Å². The van der Waals surface area contributed by atoms with Crippen LogP contribution in [-0.2, 0) is 12.0 Å². The number of hydrogen-bond acceptors (Lipinski definition) is 2. The number of hydrogen-bond donors (Lipinski definition) is 2. The third kappa shape index (κ3) is 2.82. The van der Waals surface area contributed by atoms with Crippen molar-refractivity contribution in [3.8, 4) is 0 Å². The lowest BCUT2D eigenvalue weighted by Crippen LogP contribution is -2.25. The van der Waals surface area contributed by atoms with Crippen molar-refractivity contribution in [2.75, 3.05) is 6.61 Å². The van der Waals surface area contributed by atoms with Gasteiger partial charge in [0, 0.05) is 22.0 Å². The van der Waals surface area contributed by atoms with Gasteiger partial charge in [0.2, 0.25) is 0 Å². The van der Waals surface area contributed by atoms with Crippen molar-refractivity contribution >= 4 is 10.9 Å². The van der Waals surface area contributed by atoms with Gasteiger partial charge in [0.1, 0.15) is 0 Å². The van der Waals surface area contributed by atoms with E-state index >= 15 is 0 Å². The van der Waals surface area contributed by atoms with Gasteiger partial charge in [0.25, 0.3) is 0 Å². The zero-order valence-corrected chi connectivity index (χ0v) is 12.1. The first-order valence-corrected chi connectivity index (χ1v) is 6.72. The fourth-order valence-corrected chi connectivity index (χ4v) is 2.48. The lowest BCUT2D eigenvalue weighted by molar-refractivity contribution is 0.0810. The summed E-state index contributed by atoms with van der Waals surface area (Å²) in [6.07, 6.45) is -0.724. The van der Waals surface area contributed by atoms with Crippen molar-refractivity contribution in [3.05, 3.63) is 35.5 Å². The van der Waals surface area contributed by atoms with E-state index in [0.717, 1.165) is 5.52 Å². The van der Waals surface area contributed by atoms with Crippen LogP contribution in [0, 0.1) is 6.92 Å². The standard InChI is InChI=1S/C16H23NO2/c1-11-5-6-14-12(7-11)8-15(16(2,3)4)17(14)9-13(19)10-18/h5-8,13,18-19H,9-10H2,1-4H3/t13-/m1/s1. The number of aromatic nitrogens is 1. The maximum Gasteiger partial charge on any atom is 0.0949 e. The van der Waals surface area contributed by atoms with E-state index < -0.39 is 6.10 Å². The Balaban J connectivity index is 2.62. The number of rotatable bonds is 3. The first-order chi connectivity index (χ1) is 8.82. The van der Waals surface area contributed by atoms with Gasteiger partial charge in [-0.15, -0.1) is 0 Å². The largest absolute Gasteiger partial charge is 0.394 e. The molecule has 3 nitrogen and oxygen atoms in total. The molecular formula is C16H23NO2. The molecule has 0 aliphatic carbocycles. The molecule has 104 valence electrons. The van der Waals surface area contributed by atoms with E-state index in [1.54, 1.807) is 0 Å². The Kier molecular flexibility index (Phi) is 3.70. The number of nitrogens with zero attached hydrogens (tertiary/aromatic N) is 1. The van der Waals surface area contributed by atoms with E-state index in [2.05, 4.69) is 56.5 Å². The molecule has 0 saturated heterocycles. The maximum atomic E-state index is 9.76. The van der Waals surface area contributed by atoms with Crippen LogP contribution in [0.3, 0.4) is 0 Å². The van der Waals surface area contributed by atoms with Crippen LogP contribution in [0.5, 0.6) is 0 Å². The Morgan fingerprint density at radius 2 is 1.89 bits per heavy atom. The number of aliphatic hydroxyl groups excluding tert-OH is 2. The lowest BCUT2D eigenvalue weighted by atomic mass is 9.92. The minimum Gasteiger partial charge on any atom is -0.394 e. The van der Waals surface area contributed by atoms with Crippen molar-refractivity contribution in [3.63, 3.8) is 0 Å². The van der Waals surface area contributed by atoms with Crippen LogP contribution in [-0.4, -0.2) is 27.5 Å². The van der Waals surface area contributed by atoms with Crippen LogP contribution in [0.1, 0.15) is 32.0 Å². The minimum atomic E-state index is -0.724. The third-order valence-corrected chi connectivity index (χ3v) is 3.43. The highest BCUT2D eigenvalue weighted by molar-refractivity contribution is 5.82. The second-order valence-corrected chi connectivity index (χ2v) is 6.29. The maximum absolute atomic E-state index is 9.76. The number of benzene rings is 1. The third-order valence-electron chi connectivity index (χ3n) is 3.43. The van der Waals surface area contributed by atoms with E-state index in [1.807, 2.05) is 0 Å². The molecule has 0 fully saturated rings. The molecular weight excluding hydrogens is 238 g/mol. The molecule has 1 heterocycles. The van der Waals surface area contributed by atoms with Gasteiger partial charge in [0.15, 0.2) is 0 Å². The number of aliphatic hydroxyl groups is 2. The smallest absolute Gasteiger partial charge is 0.0949 e. The second-order valence-electron chi connectivity index (χ2n) is 6.29. The van der Waals surface area contributed by atoms with E-state index in [4.69, 9.17) is 5.11 Å². The molecule has 0 saturated carbocycles. The summed E-state index contributed by atoms with van der Waals surface area (Å²) in [4.78, 5) is 0. The highest BCUT2D eigenvalue weighted by Gasteiger charge is 2.22. The number of aryl methyl sites for hydroxylation is 1.